The van der Waals surface area contributed by atoms with E-state index in [0.717, 1.165) is 17.5 Å². The van der Waals surface area contributed by atoms with Gasteiger partial charge in [-0.05, 0) is 60.9 Å². The molecule has 0 aromatic rings. The Morgan fingerprint density at radius 2 is 1.27 bits per heavy atom. The molecule has 0 bridgehead atoms. The largest absolute Gasteiger partial charge is 2.00 e. The maximum Gasteiger partial charge on any atom is 2.00 e. The Balaban J connectivity index is -0.000000247. The van der Waals surface area contributed by atoms with Gasteiger partial charge in [-0.1, -0.05) is 108 Å². The number of hydrogen-bond acceptors (Lipinski definition) is 2. The molecule has 0 amide bonds. The van der Waals surface area contributed by atoms with E-state index in [9.17, 15) is 10.2 Å². The Bertz CT molecular complexity index is 344. The molecule has 0 aliphatic heterocycles. The normalized spacial score (nSPS) is 21.7. The molecule has 1 aliphatic carbocycles. The van der Waals surface area contributed by atoms with Crippen molar-refractivity contribution in [2.45, 2.75) is 151 Å². The predicted molar refractivity (Wildman–Crippen MR) is 151 cm³/mol. The maximum absolute atomic E-state index is 9.53. The SMILES string of the molecule is CC(C)[O-].CC(C)[O-].CCCCP.CCCCPC1CCCC(C(C)CC)(C(C)CC)C1.[Ti+2]. The van der Waals surface area contributed by atoms with E-state index in [1.807, 2.05) is 0 Å². The van der Waals surface area contributed by atoms with Gasteiger partial charge in [-0.25, -0.2) is 0 Å². The molecular weight excluding hydrogens is 478 g/mol. The van der Waals surface area contributed by atoms with E-state index in [2.05, 4.69) is 50.8 Å². The number of unbranched alkanes of at least 4 members (excludes halogenated alkanes) is 2. The van der Waals surface area contributed by atoms with Gasteiger partial charge in [0.05, 0.1) is 0 Å². The molecule has 0 saturated heterocycles. The van der Waals surface area contributed by atoms with Gasteiger partial charge in [-0.15, -0.1) is 30.0 Å². The van der Waals surface area contributed by atoms with Gasteiger partial charge in [-0.3, -0.25) is 0 Å². The molecule has 2 nitrogen and oxygen atoms in total. The monoisotopic (exact) mass is 540 g/mol. The second-order valence-corrected chi connectivity index (χ2v) is 12.5. The summed E-state index contributed by atoms with van der Waals surface area (Å²) in [6, 6.07) is 0. The minimum atomic E-state index is -0.417. The van der Waals surface area contributed by atoms with Crippen LogP contribution in [0.5, 0.6) is 0 Å². The summed E-state index contributed by atoms with van der Waals surface area (Å²) in [7, 11) is 3.94. The first kappa shape index (κ1) is 41.6. The molecule has 1 saturated carbocycles. The average Bonchev–Trinajstić information content (AvgIpc) is 2.73. The third kappa shape index (κ3) is 24.9. The summed E-state index contributed by atoms with van der Waals surface area (Å²) in [5.41, 5.74) is 1.73. The zero-order chi connectivity index (χ0) is 25.6. The zero-order valence-corrected chi connectivity index (χ0v) is 28.0. The molecule has 0 heterocycles. The van der Waals surface area contributed by atoms with E-state index in [1.54, 1.807) is 34.1 Å². The molecule has 33 heavy (non-hydrogen) atoms. The molecule has 1 fully saturated rings. The summed E-state index contributed by atoms with van der Waals surface area (Å²) in [4.78, 5) is 0. The van der Waals surface area contributed by atoms with Crippen LogP contribution >= 0.6 is 17.8 Å². The van der Waals surface area contributed by atoms with Crippen molar-refractivity contribution in [3.63, 3.8) is 0 Å². The molecule has 5 unspecified atom stereocenters. The van der Waals surface area contributed by atoms with Crippen LogP contribution in [-0.2, 0) is 21.7 Å². The van der Waals surface area contributed by atoms with Gasteiger partial charge in [0.2, 0.25) is 0 Å². The Morgan fingerprint density at radius 1 is 0.848 bits per heavy atom. The van der Waals surface area contributed by atoms with Crippen molar-refractivity contribution < 1.29 is 31.9 Å². The minimum absolute atomic E-state index is 0. The van der Waals surface area contributed by atoms with Gasteiger partial charge >= 0.3 is 21.7 Å². The van der Waals surface area contributed by atoms with Gasteiger partial charge in [-0.2, -0.15) is 0 Å². The summed E-state index contributed by atoms with van der Waals surface area (Å²) >= 11 is 0. The molecule has 0 aromatic carbocycles. The molecule has 200 valence electrons. The third-order valence-corrected chi connectivity index (χ3v) is 8.65. The Kier molecular flexibility index (Phi) is 35.4. The molecule has 0 spiro atoms. The fourth-order valence-corrected chi connectivity index (χ4v) is 6.70. The predicted octanol–water partition coefficient (Wildman–Crippen LogP) is 7.66. The smallest absolute Gasteiger partial charge is 0.852 e. The number of hydrogen-bond donors (Lipinski definition) is 0. The Labute approximate surface area is 229 Å². The summed E-state index contributed by atoms with van der Waals surface area (Å²) in [5.74, 6) is 1.84. The third-order valence-electron chi connectivity index (χ3n) is 6.53. The Hall–Kier alpha value is 1.49. The van der Waals surface area contributed by atoms with Crippen molar-refractivity contribution in [1.29, 1.82) is 0 Å². The Morgan fingerprint density at radius 3 is 1.58 bits per heavy atom. The average molecular weight is 541 g/mol. The van der Waals surface area contributed by atoms with Crippen LogP contribution in [-0.4, -0.2) is 30.2 Å². The van der Waals surface area contributed by atoms with Crippen molar-refractivity contribution >= 4 is 17.8 Å². The van der Waals surface area contributed by atoms with Gasteiger partial charge in [0.25, 0.3) is 0 Å². The fraction of sp³-hybridized carbons (Fsp3) is 1.00. The van der Waals surface area contributed by atoms with Crippen molar-refractivity contribution in [2.24, 2.45) is 17.3 Å². The van der Waals surface area contributed by atoms with E-state index >= 15 is 0 Å². The van der Waals surface area contributed by atoms with E-state index in [1.165, 1.54) is 78.7 Å². The van der Waals surface area contributed by atoms with Gasteiger partial charge < -0.3 is 10.2 Å². The van der Waals surface area contributed by atoms with Gasteiger partial charge in [0.15, 0.2) is 0 Å². The molecular formula is C28H62O2P2Ti. The molecule has 5 atom stereocenters. The summed E-state index contributed by atoms with van der Waals surface area (Å²) in [6.07, 6.45) is 16.2. The van der Waals surface area contributed by atoms with Crippen LogP contribution in [0, 0.1) is 17.3 Å². The first-order chi connectivity index (χ1) is 15.0. The van der Waals surface area contributed by atoms with Crippen molar-refractivity contribution in [2.75, 3.05) is 12.3 Å². The topological polar surface area (TPSA) is 46.1 Å². The second kappa shape index (κ2) is 28.1. The van der Waals surface area contributed by atoms with Crippen molar-refractivity contribution in [3.8, 4) is 0 Å². The standard InChI is InChI=1S/C18H37P.C4H11P.2C3H7O.Ti/c1-6-9-13-19-17-11-10-12-18(14-17,15(4)7-2)16(5)8-3;1-2-3-4-5;2*1-3(2)4;/h15-17,19H,6-14H2,1-5H3;2-5H2,1H3;2*3H,1-2H3;/q;;2*-1;+2. The molecule has 1 aliphatic rings. The van der Waals surface area contributed by atoms with Crippen LogP contribution in [0.4, 0.5) is 0 Å². The van der Waals surface area contributed by atoms with Crippen LogP contribution in [0.1, 0.15) is 133 Å². The van der Waals surface area contributed by atoms with Crippen molar-refractivity contribution in [1.82, 2.24) is 0 Å². The number of rotatable bonds is 10. The maximum atomic E-state index is 9.53. The van der Waals surface area contributed by atoms with Crippen LogP contribution < -0.4 is 10.2 Å². The first-order valence-corrected chi connectivity index (χ1v) is 15.8. The summed E-state index contributed by atoms with van der Waals surface area (Å²) < 4.78 is 0. The van der Waals surface area contributed by atoms with Gasteiger partial charge in [0, 0.05) is 0 Å². The van der Waals surface area contributed by atoms with Crippen LogP contribution in [0.15, 0.2) is 0 Å². The van der Waals surface area contributed by atoms with Gasteiger partial charge in [0.1, 0.15) is 0 Å². The van der Waals surface area contributed by atoms with Crippen molar-refractivity contribution in [3.05, 3.63) is 0 Å². The fourth-order valence-electron chi connectivity index (χ4n) is 4.40. The van der Waals surface area contributed by atoms with E-state index in [4.69, 9.17) is 0 Å². The summed E-state index contributed by atoms with van der Waals surface area (Å²) in [5, 5.41) is 19.1. The quantitative estimate of drug-likeness (QED) is 0.162. The van der Waals surface area contributed by atoms with Crippen LogP contribution in [0.2, 0.25) is 0 Å². The minimum Gasteiger partial charge on any atom is -0.852 e. The van der Waals surface area contributed by atoms with E-state index in [0.29, 0.717) is 5.41 Å². The molecule has 1 rings (SSSR count). The molecule has 0 aromatic heterocycles. The van der Waals surface area contributed by atoms with Crippen LogP contribution in [0.3, 0.4) is 0 Å². The van der Waals surface area contributed by atoms with Crippen LogP contribution in [0.25, 0.3) is 0 Å². The first-order valence-electron chi connectivity index (χ1n) is 13.7. The zero-order valence-electron chi connectivity index (χ0n) is 24.3. The molecule has 0 radical (unpaired) electrons. The van der Waals surface area contributed by atoms with E-state index in [-0.39, 0.29) is 21.7 Å². The van der Waals surface area contributed by atoms with E-state index < -0.39 is 12.2 Å². The molecule has 0 N–H and O–H groups in total. The second-order valence-electron chi connectivity index (χ2n) is 10.2. The summed E-state index contributed by atoms with van der Waals surface area (Å²) in [6.45, 7) is 20.8. The molecule has 5 heteroatoms.